The smallest absolute Gasteiger partial charge is 0.253 e. The molecule has 2 aliphatic rings. The summed E-state index contributed by atoms with van der Waals surface area (Å²) in [5.41, 5.74) is 2.45. The van der Waals surface area contributed by atoms with E-state index in [1.54, 1.807) is 4.68 Å². The summed E-state index contributed by atoms with van der Waals surface area (Å²) >= 11 is 0. The van der Waals surface area contributed by atoms with Crippen LogP contribution in [0.1, 0.15) is 23.2 Å². The average Bonchev–Trinajstić information content (AvgIpc) is 3.08. The molecule has 1 aromatic heterocycles. The highest BCUT2D eigenvalue weighted by atomic mass is 16.2. The fourth-order valence-electron chi connectivity index (χ4n) is 3.78. The molecule has 1 aromatic carbocycles. The van der Waals surface area contributed by atoms with Crippen molar-refractivity contribution in [1.82, 2.24) is 25.2 Å². The quantitative estimate of drug-likeness (QED) is 0.854. The van der Waals surface area contributed by atoms with Crippen molar-refractivity contribution in [2.24, 2.45) is 18.9 Å². The first-order valence-electron chi connectivity index (χ1n) is 8.02. The number of amides is 1. The Morgan fingerprint density at radius 1 is 1.23 bits per heavy atom. The van der Waals surface area contributed by atoms with Gasteiger partial charge in [0.2, 0.25) is 0 Å². The Morgan fingerprint density at radius 3 is 2.68 bits per heavy atom. The maximum atomic E-state index is 12.8. The topological polar surface area (TPSA) is 63.1 Å². The zero-order valence-corrected chi connectivity index (χ0v) is 12.8. The zero-order valence-electron chi connectivity index (χ0n) is 12.8. The van der Waals surface area contributed by atoms with Crippen molar-refractivity contribution in [1.29, 1.82) is 0 Å². The predicted octanol–water partition coefficient (Wildman–Crippen LogP) is 1.04. The number of rotatable bonds is 1. The number of benzene rings is 1. The molecule has 1 N–H and O–H groups in total. The van der Waals surface area contributed by atoms with Crippen LogP contribution in [0.5, 0.6) is 0 Å². The molecular formula is C16H21N5O. The third-order valence-corrected chi connectivity index (χ3v) is 5.16. The Balaban J connectivity index is 1.54. The van der Waals surface area contributed by atoms with Crippen LogP contribution in [0.2, 0.25) is 0 Å². The normalized spacial score (nSPS) is 25.2. The monoisotopic (exact) mass is 299 g/mol. The molecule has 0 bridgehead atoms. The fraction of sp³-hybridized carbons (Fsp3) is 0.562. The summed E-state index contributed by atoms with van der Waals surface area (Å²) in [4.78, 5) is 14.8. The second-order valence-corrected chi connectivity index (χ2v) is 6.46. The van der Waals surface area contributed by atoms with Gasteiger partial charge in [-0.05, 0) is 56.0 Å². The summed E-state index contributed by atoms with van der Waals surface area (Å²) in [6.45, 7) is 3.94. The van der Waals surface area contributed by atoms with Crippen molar-refractivity contribution in [3.05, 3.63) is 23.8 Å². The molecule has 4 rings (SSSR count). The van der Waals surface area contributed by atoms with Gasteiger partial charge in [-0.1, -0.05) is 5.21 Å². The van der Waals surface area contributed by atoms with Crippen LogP contribution in [0.15, 0.2) is 18.2 Å². The molecule has 6 nitrogen and oxygen atoms in total. The van der Waals surface area contributed by atoms with Crippen LogP contribution >= 0.6 is 0 Å². The number of fused-ring (bicyclic) bond motifs is 2. The predicted molar refractivity (Wildman–Crippen MR) is 83.5 cm³/mol. The van der Waals surface area contributed by atoms with Crippen LogP contribution in [-0.2, 0) is 7.05 Å². The third-order valence-electron chi connectivity index (χ3n) is 5.16. The van der Waals surface area contributed by atoms with E-state index in [2.05, 4.69) is 15.6 Å². The molecule has 2 atom stereocenters. The van der Waals surface area contributed by atoms with Crippen LogP contribution in [-0.4, -0.2) is 52.0 Å². The van der Waals surface area contributed by atoms with E-state index in [1.165, 1.54) is 0 Å². The summed E-state index contributed by atoms with van der Waals surface area (Å²) in [5.74, 6) is 1.60. The third kappa shape index (κ3) is 2.27. The summed E-state index contributed by atoms with van der Waals surface area (Å²) in [6, 6.07) is 5.68. The molecule has 116 valence electrons. The van der Waals surface area contributed by atoms with Gasteiger partial charge in [0.15, 0.2) is 0 Å². The second kappa shape index (κ2) is 5.35. The molecular weight excluding hydrogens is 278 g/mol. The Bertz CT molecular complexity index is 696. The Hall–Kier alpha value is -1.95. The molecule has 1 amide bonds. The minimum atomic E-state index is 0.125. The first kappa shape index (κ1) is 13.7. The van der Waals surface area contributed by atoms with Crippen molar-refractivity contribution >= 4 is 16.9 Å². The Morgan fingerprint density at radius 2 is 1.95 bits per heavy atom. The van der Waals surface area contributed by atoms with Gasteiger partial charge in [-0.3, -0.25) is 4.79 Å². The Kier molecular flexibility index (Phi) is 3.33. The molecule has 0 unspecified atom stereocenters. The SMILES string of the molecule is Cn1nnc2cc(C(=O)N3CC[C@@H]4CNC[C@@H]4CC3)ccc21. The molecule has 2 aromatic rings. The molecule has 2 fully saturated rings. The number of aromatic nitrogens is 3. The highest BCUT2D eigenvalue weighted by Gasteiger charge is 2.31. The molecule has 0 aliphatic carbocycles. The maximum absolute atomic E-state index is 12.8. The minimum Gasteiger partial charge on any atom is -0.339 e. The molecule has 2 saturated heterocycles. The Labute approximate surface area is 129 Å². The number of hydrogen-bond acceptors (Lipinski definition) is 4. The van der Waals surface area contributed by atoms with Crippen molar-refractivity contribution in [2.45, 2.75) is 12.8 Å². The van der Waals surface area contributed by atoms with E-state index >= 15 is 0 Å². The molecule has 2 aliphatic heterocycles. The summed E-state index contributed by atoms with van der Waals surface area (Å²) < 4.78 is 1.73. The van der Waals surface area contributed by atoms with E-state index in [9.17, 15) is 4.79 Å². The molecule has 0 radical (unpaired) electrons. The number of carbonyl (C=O) groups excluding carboxylic acids is 1. The van der Waals surface area contributed by atoms with Gasteiger partial charge < -0.3 is 10.2 Å². The summed E-state index contributed by atoms with van der Waals surface area (Å²) in [5, 5.41) is 11.6. The largest absolute Gasteiger partial charge is 0.339 e. The van der Waals surface area contributed by atoms with E-state index in [-0.39, 0.29) is 5.91 Å². The van der Waals surface area contributed by atoms with Crippen molar-refractivity contribution < 1.29 is 4.79 Å². The van der Waals surface area contributed by atoms with Gasteiger partial charge in [-0.15, -0.1) is 5.10 Å². The van der Waals surface area contributed by atoms with Gasteiger partial charge in [0.25, 0.3) is 5.91 Å². The number of nitrogens with one attached hydrogen (secondary N) is 1. The van der Waals surface area contributed by atoms with Crippen LogP contribution in [0, 0.1) is 11.8 Å². The van der Waals surface area contributed by atoms with E-state index in [4.69, 9.17) is 0 Å². The number of nitrogens with zero attached hydrogens (tertiary/aromatic N) is 4. The first-order valence-corrected chi connectivity index (χ1v) is 8.02. The van der Waals surface area contributed by atoms with Gasteiger partial charge in [-0.2, -0.15) is 0 Å². The lowest BCUT2D eigenvalue weighted by molar-refractivity contribution is 0.0758. The van der Waals surface area contributed by atoms with E-state index in [0.29, 0.717) is 0 Å². The average molecular weight is 299 g/mol. The van der Waals surface area contributed by atoms with Crippen LogP contribution in [0.3, 0.4) is 0 Å². The number of aryl methyl sites for hydroxylation is 1. The lowest BCUT2D eigenvalue weighted by Crippen LogP contribution is -2.32. The number of hydrogen-bond donors (Lipinski definition) is 1. The second-order valence-electron chi connectivity index (χ2n) is 6.46. The van der Waals surface area contributed by atoms with E-state index < -0.39 is 0 Å². The van der Waals surface area contributed by atoms with Gasteiger partial charge in [0.05, 0.1) is 5.52 Å². The maximum Gasteiger partial charge on any atom is 0.253 e. The van der Waals surface area contributed by atoms with Crippen molar-refractivity contribution in [2.75, 3.05) is 26.2 Å². The van der Waals surface area contributed by atoms with Crippen molar-refractivity contribution in [3.8, 4) is 0 Å². The highest BCUT2D eigenvalue weighted by Crippen LogP contribution is 2.27. The lowest BCUT2D eigenvalue weighted by Gasteiger charge is -2.21. The van der Waals surface area contributed by atoms with Crippen molar-refractivity contribution in [3.63, 3.8) is 0 Å². The van der Waals surface area contributed by atoms with Gasteiger partial charge >= 0.3 is 0 Å². The standard InChI is InChI=1S/C16H21N5O/c1-20-15-3-2-11(8-14(15)18-19-20)16(22)21-6-4-12-9-17-10-13(12)5-7-21/h2-3,8,12-13,17H,4-7,9-10H2,1H3/t12-,13+. The molecule has 22 heavy (non-hydrogen) atoms. The lowest BCUT2D eigenvalue weighted by atomic mass is 9.92. The first-order chi connectivity index (χ1) is 10.7. The number of carbonyl (C=O) groups is 1. The highest BCUT2D eigenvalue weighted by molar-refractivity contribution is 5.97. The van der Waals surface area contributed by atoms with Crippen LogP contribution < -0.4 is 5.32 Å². The van der Waals surface area contributed by atoms with Crippen LogP contribution in [0.4, 0.5) is 0 Å². The van der Waals surface area contributed by atoms with Gasteiger partial charge in [-0.25, -0.2) is 4.68 Å². The molecule has 0 saturated carbocycles. The van der Waals surface area contributed by atoms with E-state index in [1.807, 2.05) is 30.1 Å². The zero-order chi connectivity index (χ0) is 15.1. The minimum absolute atomic E-state index is 0.125. The number of likely N-dealkylation sites (tertiary alicyclic amines) is 1. The fourth-order valence-corrected chi connectivity index (χ4v) is 3.78. The van der Waals surface area contributed by atoms with Gasteiger partial charge in [0, 0.05) is 25.7 Å². The van der Waals surface area contributed by atoms with Gasteiger partial charge in [0.1, 0.15) is 5.52 Å². The van der Waals surface area contributed by atoms with E-state index in [0.717, 1.165) is 67.5 Å². The molecule has 3 heterocycles. The molecule has 6 heteroatoms. The summed E-state index contributed by atoms with van der Waals surface area (Å²) in [6.07, 6.45) is 2.22. The summed E-state index contributed by atoms with van der Waals surface area (Å²) in [7, 11) is 1.86. The molecule has 0 spiro atoms. The van der Waals surface area contributed by atoms with Crippen LogP contribution in [0.25, 0.3) is 11.0 Å².